The Morgan fingerprint density at radius 2 is 1.65 bits per heavy atom. The van der Waals surface area contributed by atoms with Crippen LogP contribution in [0.2, 0.25) is 0 Å². The molecular weight excluding hydrogens is 464 g/mol. The summed E-state index contributed by atoms with van der Waals surface area (Å²) < 4.78 is 7.70. The number of benzene rings is 2. The van der Waals surface area contributed by atoms with E-state index in [-0.39, 0.29) is 30.4 Å². The highest BCUT2D eigenvalue weighted by atomic mass is 16.5. The van der Waals surface area contributed by atoms with E-state index in [1.807, 2.05) is 54.1 Å². The van der Waals surface area contributed by atoms with Gasteiger partial charge in [0.05, 0.1) is 11.8 Å². The first-order chi connectivity index (χ1) is 18.0. The van der Waals surface area contributed by atoms with E-state index in [1.54, 1.807) is 4.90 Å². The van der Waals surface area contributed by atoms with Crippen LogP contribution in [0.1, 0.15) is 49.7 Å². The summed E-state index contributed by atoms with van der Waals surface area (Å²) in [5.74, 6) is 0.274. The molecular formula is C30H36N4O3. The Balaban J connectivity index is 1.38. The van der Waals surface area contributed by atoms with Crippen molar-refractivity contribution in [1.82, 2.24) is 14.5 Å². The van der Waals surface area contributed by atoms with Gasteiger partial charge in [0.25, 0.3) is 0 Å². The van der Waals surface area contributed by atoms with Gasteiger partial charge in [0.2, 0.25) is 17.8 Å². The van der Waals surface area contributed by atoms with Crippen molar-refractivity contribution in [3.05, 3.63) is 65.9 Å². The summed E-state index contributed by atoms with van der Waals surface area (Å²) in [5, 5.41) is 3.00. The molecule has 194 valence electrons. The monoisotopic (exact) mass is 500 g/mol. The average molecular weight is 501 g/mol. The minimum Gasteiger partial charge on any atom is -0.376 e. The van der Waals surface area contributed by atoms with Crippen LogP contribution in [0, 0.1) is 19.8 Å². The standard InChI is InChI=1S/C30H36N4O3/c1-21-9-13-23(14-10-21)27-19-34(25-15-11-22(2)12-16-25)30(31-27)32-28(35)20-33(18-26-8-5-17-37-26)29(36)24-6-3-4-7-24/h9-16,19,24,26H,3-8,17-18,20H2,1-2H3,(H,31,32,35). The molecule has 0 spiro atoms. The van der Waals surface area contributed by atoms with Crippen molar-refractivity contribution in [2.45, 2.75) is 58.5 Å². The van der Waals surface area contributed by atoms with Crippen LogP contribution in [0.4, 0.5) is 5.95 Å². The molecule has 0 bridgehead atoms. The van der Waals surface area contributed by atoms with Gasteiger partial charge in [-0.15, -0.1) is 0 Å². The second-order valence-electron chi connectivity index (χ2n) is 10.4. The lowest BCUT2D eigenvalue weighted by atomic mass is 10.1. The molecule has 1 N–H and O–H groups in total. The molecule has 1 saturated carbocycles. The van der Waals surface area contributed by atoms with Gasteiger partial charge < -0.3 is 9.64 Å². The second kappa shape index (κ2) is 11.3. The van der Waals surface area contributed by atoms with Gasteiger partial charge >= 0.3 is 0 Å². The third-order valence-corrected chi connectivity index (χ3v) is 7.42. The summed E-state index contributed by atoms with van der Waals surface area (Å²) in [5.41, 5.74) is 4.99. The lowest BCUT2D eigenvalue weighted by Crippen LogP contribution is -2.44. The molecule has 1 unspecified atom stereocenters. The fourth-order valence-corrected chi connectivity index (χ4v) is 5.27. The molecule has 2 aromatic carbocycles. The number of nitrogens with one attached hydrogen (secondary N) is 1. The van der Waals surface area contributed by atoms with Gasteiger partial charge in [0, 0.05) is 36.5 Å². The van der Waals surface area contributed by atoms with E-state index in [1.165, 1.54) is 5.56 Å². The van der Waals surface area contributed by atoms with Gasteiger partial charge in [-0.25, -0.2) is 4.98 Å². The van der Waals surface area contributed by atoms with E-state index in [4.69, 9.17) is 9.72 Å². The first-order valence-corrected chi connectivity index (χ1v) is 13.4. The van der Waals surface area contributed by atoms with Crippen LogP contribution < -0.4 is 5.32 Å². The Morgan fingerprint density at radius 1 is 0.973 bits per heavy atom. The van der Waals surface area contributed by atoms with Crippen molar-refractivity contribution in [2.75, 3.05) is 25.0 Å². The number of hydrogen-bond donors (Lipinski definition) is 1. The van der Waals surface area contributed by atoms with Crippen LogP contribution in [-0.4, -0.2) is 52.1 Å². The maximum Gasteiger partial charge on any atom is 0.246 e. The number of nitrogens with zero attached hydrogens (tertiary/aromatic N) is 3. The normalized spacial score (nSPS) is 17.7. The number of ether oxygens (including phenoxy) is 1. The van der Waals surface area contributed by atoms with E-state index < -0.39 is 0 Å². The van der Waals surface area contributed by atoms with E-state index in [0.29, 0.717) is 12.5 Å². The molecule has 1 atom stereocenters. The van der Waals surface area contributed by atoms with Crippen LogP contribution in [0.15, 0.2) is 54.7 Å². The number of hydrogen-bond acceptors (Lipinski definition) is 4. The SMILES string of the molecule is Cc1ccc(-c2cn(-c3ccc(C)cc3)c(NC(=O)CN(CC3CCCO3)C(=O)C3CCCC3)n2)cc1. The van der Waals surface area contributed by atoms with E-state index in [2.05, 4.69) is 24.4 Å². The minimum atomic E-state index is -0.251. The third-order valence-electron chi connectivity index (χ3n) is 7.42. The third kappa shape index (κ3) is 6.10. The van der Waals surface area contributed by atoms with E-state index >= 15 is 0 Å². The molecule has 37 heavy (non-hydrogen) atoms. The van der Waals surface area contributed by atoms with Crippen LogP contribution in [0.3, 0.4) is 0 Å². The summed E-state index contributed by atoms with van der Waals surface area (Å²) in [4.78, 5) is 33.2. The summed E-state index contributed by atoms with van der Waals surface area (Å²) in [6, 6.07) is 16.3. The molecule has 7 heteroatoms. The number of carbonyl (C=O) groups is 2. The van der Waals surface area contributed by atoms with Crippen LogP contribution >= 0.6 is 0 Å². The highest BCUT2D eigenvalue weighted by molar-refractivity contribution is 5.94. The first-order valence-electron chi connectivity index (χ1n) is 13.4. The highest BCUT2D eigenvalue weighted by Gasteiger charge is 2.31. The van der Waals surface area contributed by atoms with E-state index in [0.717, 1.165) is 67.6 Å². The molecule has 2 aliphatic rings. The largest absolute Gasteiger partial charge is 0.376 e. The molecule has 1 saturated heterocycles. The van der Waals surface area contributed by atoms with Gasteiger partial charge in [-0.2, -0.15) is 0 Å². The zero-order valence-corrected chi connectivity index (χ0v) is 21.8. The number of amides is 2. The van der Waals surface area contributed by atoms with Crippen molar-refractivity contribution in [3.8, 4) is 16.9 Å². The Hall–Kier alpha value is -3.45. The van der Waals surface area contributed by atoms with Crippen LogP contribution in [-0.2, 0) is 14.3 Å². The molecule has 1 aromatic heterocycles. The number of imidazole rings is 1. The summed E-state index contributed by atoms with van der Waals surface area (Å²) in [6.45, 7) is 5.27. The number of anilines is 1. The van der Waals surface area contributed by atoms with Crippen molar-refractivity contribution in [1.29, 1.82) is 0 Å². The second-order valence-corrected chi connectivity index (χ2v) is 10.4. The van der Waals surface area contributed by atoms with Crippen LogP contribution in [0.5, 0.6) is 0 Å². The summed E-state index contributed by atoms with van der Waals surface area (Å²) in [6.07, 6.45) is 7.82. The maximum atomic E-state index is 13.3. The fourth-order valence-electron chi connectivity index (χ4n) is 5.27. The Morgan fingerprint density at radius 3 is 2.30 bits per heavy atom. The molecule has 2 fully saturated rings. The van der Waals surface area contributed by atoms with Crippen molar-refractivity contribution < 1.29 is 14.3 Å². The van der Waals surface area contributed by atoms with E-state index in [9.17, 15) is 9.59 Å². The minimum absolute atomic E-state index is 0.000776. The molecule has 5 rings (SSSR count). The van der Waals surface area contributed by atoms with Gasteiger partial charge in [0.15, 0.2) is 0 Å². The number of aromatic nitrogens is 2. The van der Waals surface area contributed by atoms with Gasteiger partial charge in [-0.05, 0) is 51.7 Å². The molecule has 1 aliphatic heterocycles. The smallest absolute Gasteiger partial charge is 0.246 e. The quantitative estimate of drug-likeness (QED) is 0.456. The Bertz CT molecular complexity index is 1220. The fraction of sp³-hybridized carbons (Fsp3) is 0.433. The summed E-state index contributed by atoms with van der Waals surface area (Å²) >= 11 is 0. The lowest BCUT2D eigenvalue weighted by Gasteiger charge is -2.27. The Labute approximate surface area is 218 Å². The topological polar surface area (TPSA) is 76.5 Å². The molecule has 0 radical (unpaired) electrons. The van der Waals surface area contributed by atoms with Crippen molar-refractivity contribution in [3.63, 3.8) is 0 Å². The highest BCUT2D eigenvalue weighted by Crippen LogP contribution is 2.28. The number of rotatable bonds is 8. The molecule has 2 heterocycles. The molecule has 1 aliphatic carbocycles. The lowest BCUT2D eigenvalue weighted by molar-refractivity contribution is -0.139. The van der Waals surface area contributed by atoms with Crippen LogP contribution in [0.25, 0.3) is 16.9 Å². The van der Waals surface area contributed by atoms with Crippen molar-refractivity contribution >= 4 is 17.8 Å². The first kappa shape index (κ1) is 25.2. The summed E-state index contributed by atoms with van der Waals surface area (Å²) in [7, 11) is 0. The number of aryl methyl sites for hydroxylation is 2. The predicted molar refractivity (Wildman–Crippen MR) is 145 cm³/mol. The zero-order valence-electron chi connectivity index (χ0n) is 21.8. The molecule has 2 amide bonds. The van der Waals surface area contributed by atoms with Gasteiger partial charge in [-0.3, -0.25) is 19.5 Å². The predicted octanol–water partition coefficient (Wildman–Crippen LogP) is 5.29. The van der Waals surface area contributed by atoms with Gasteiger partial charge in [-0.1, -0.05) is 60.4 Å². The Kier molecular flexibility index (Phi) is 7.70. The molecule has 3 aromatic rings. The maximum absolute atomic E-state index is 13.3. The van der Waals surface area contributed by atoms with Gasteiger partial charge in [0.1, 0.15) is 6.54 Å². The van der Waals surface area contributed by atoms with Crippen molar-refractivity contribution in [2.24, 2.45) is 5.92 Å². The average Bonchev–Trinajstić information content (AvgIpc) is 3.67. The molecule has 7 nitrogen and oxygen atoms in total. The number of carbonyl (C=O) groups excluding carboxylic acids is 2. The zero-order chi connectivity index (χ0) is 25.8.